The van der Waals surface area contributed by atoms with Gasteiger partial charge in [-0.3, -0.25) is 0 Å². The summed E-state index contributed by atoms with van der Waals surface area (Å²) in [4.78, 5) is 0.251. The van der Waals surface area contributed by atoms with E-state index in [4.69, 9.17) is 51.5 Å². The van der Waals surface area contributed by atoms with E-state index in [0.29, 0.717) is 16.7 Å². The Morgan fingerprint density at radius 2 is 0.720 bits per heavy atom. The van der Waals surface area contributed by atoms with Gasteiger partial charge < -0.3 is 0 Å². The van der Waals surface area contributed by atoms with Gasteiger partial charge in [-0.2, -0.15) is 0 Å². The quantitative estimate of drug-likeness (QED) is 0.115. The third-order valence-corrected chi connectivity index (χ3v) is 14.1. The monoisotopic (exact) mass is 892 g/mol. The summed E-state index contributed by atoms with van der Waals surface area (Å²) in [6.07, 6.45) is 0. The molecule has 2 unspecified atom stereocenters. The zero-order valence-electron chi connectivity index (χ0n) is 29.0. The van der Waals surface area contributed by atoms with Gasteiger partial charge >= 0.3 is 11.4 Å². The van der Waals surface area contributed by atoms with E-state index < -0.39 is 39.3 Å². The number of hydrogen-bond donors (Lipinski definition) is 0. The summed E-state index contributed by atoms with van der Waals surface area (Å²) in [7, 11) is 19.3. The third kappa shape index (κ3) is 12.9. The summed E-state index contributed by atoms with van der Waals surface area (Å²) in [5.74, 6) is 0. The van der Waals surface area contributed by atoms with Crippen molar-refractivity contribution in [3.05, 3.63) is 105 Å². The minimum atomic E-state index is -4.07. The molecule has 4 aromatic carbocycles. The van der Waals surface area contributed by atoms with Crippen molar-refractivity contribution in [3.8, 4) is 0 Å². The first kappa shape index (κ1) is 47.6. The Morgan fingerprint density at radius 3 is 1.04 bits per heavy atom. The highest BCUT2D eigenvalue weighted by Gasteiger charge is 2.30. The SMILES string of the molecule is Cc1c(C)c(C)c(S(=O)(=O)Cl)c(C)c1C.Cc1c(C)c(S(=O)(=O)Cl)c(C)c(S(=O)(=O)c2ccc(P)cc2)c1C.Pc1ccccc1.[Cl][Al]([Cl])[Cl]. The molecule has 0 radical (unpaired) electrons. The predicted octanol–water partition coefficient (Wildman–Crippen LogP) is 9.21. The summed E-state index contributed by atoms with van der Waals surface area (Å²) < 4.78 is 73.0. The highest BCUT2D eigenvalue weighted by molar-refractivity contribution is 8.14. The standard InChI is InChI=1S/C16H18ClO4PS2.C11H15ClO2S.C6H7P.Al.3ClH/c1-9-10(2)15(12(4)16(11(9)3)24(17,20)21)23(18,19)14-7-5-13(22)6-8-14;1-6-7(2)9(4)11(15(12,13)14)10(5)8(6)3;7-6-4-2-1-3-5-6;;;;/h5-8H,22H2,1-4H3;1-5H3;1-5H,7H2;;3*1H/q;;;+3;;;/p-3. The van der Waals surface area contributed by atoms with Crippen LogP contribution in [-0.4, -0.2) is 36.6 Å². The Kier molecular flexibility index (Phi) is 18.8. The number of sulfone groups is 1. The zero-order valence-corrected chi connectivity index (χ0v) is 38.7. The second kappa shape index (κ2) is 19.8. The molecule has 0 N–H and O–H groups in total. The third-order valence-electron chi connectivity index (χ3n) is 8.16. The van der Waals surface area contributed by atoms with E-state index in [0.717, 1.165) is 33.1 Å². The average molecular weight is 895 g/mol. The molecule has 6 nitrogen and oxygen atoms in total. The van der Waals surface area contributed by atoms with Gasteiger partial charge in [0.25, 0.3) is 18.1 Å². The van der Waals surface area contributed by atoms with Crippen LogP contribution in [0.3, 0.4) is 0 Å². The van der Waals surface area contributed by atoms with Crippen LogP contribution in [0, 0.1) is 62.3 Å². The Balaban J connectivity index is 0.000000405. The van der Waals surface area contributed by atoms with E-state index >= 15 is 0 Å². The topological polar surface area (TPSA) is 102 Å². The van der Waals surface area contributed by atoms with Gasteiger partial charge in [-0.25, -0.2) is 55.4 Å². The molecule has 0 amide bonds. The molecule has 274 valence electrons. The summed E-state index contributed by atoms with van der Waals surface area (Å²) in [6, 6.07) is 16.5. The van der Waals surface area contributed by atoms with E-state index in [1.807, 2.05) is 51.1 Å². The lowest BCUT2D eigenvalue weighted by atomic mass is 9.95. The number of benzene rings is 4. The molecule has 0 aliphatic heterocycles. The van der Waals surface area contributed by atoms with Crippen LogP contribution >= 0.6 is 70.0 Å². The molecule has 0 saturated heterocycles. The van der Waals surface area contributed by atoms with Crippen LogP contribution in [0.4, 0.5) is 0 Å². The van der Waals surface area contributed by atoms with Crippen LogP contribution in [0.25, 0.3) is 0 Å². The Labute approximate surface area is 328 Å². The maximum atomic E-state index is 13.1. The molecule has 0 aliphatic rings. The van der Waals surface area contributed by atoms with E-state index in [-0.39, 0.29) is 25.1 Å². The Bertz CT molecular complexity index is 2130. The Morgan fingerprint density at radius 1 is 0.440 bits per heavy atom. The molecule has 0 heterocycles. The second-order valence-electron chi connectivity index (χ2n) is 11.2. The van der Waals surface area contributed by atoms with Crippen molar-refractivity contribution in [2.45, 2.75) is 81.9 Å². The summed E-state index contributed by atoms with van der Waals surface area (Å²) in [5.41, 5.74) is 6.39. The van der Waals surface area contributed by atoms with Gasteiger partial charge in [0.1, 0.15) is 0 Å². The molecule has 0 aliphatic carbocycles. The molecule has 4 aromatic rings. The number of rotatable bonds is 4. The molecule has 2 atom stereocenters. The first-order chi connectivity index (χ1) is 22.7. The highest BCUT2D eigenvalue weighted by Crippen LogP contribution is 2.37. The van der Waals surface area contributed by atoms with Gasteiger partial charge in [-0.05, 0) is 135 Å². The van der Waals surface area contributed by atoms with Gasteiger partial charge in [0, 0.05) is 21.4 Å². The minimum absolute atomic E-state index is 0.00123. The molecule has 17 heteroatoms. The first-order valence-corrected chi connectivity index (χ1v) is 27.1. The maximum Gasteiger partial charge on any atom is 0.643 e. The molecule has 0 bridgehead atoms. The summed E-state index contributed by atoms with van der Waals surface area (Å²) in [6.45, 7) is 15.9. The van der Waals surface area contributed by atoms with E-state index in [1.165, 1.54) is 24.4 Å². The van der Waals surface area contributed by atoms with Crippen molar-refractivity contribution in [3.63, 3.8) is 0 Å². The fourth-order valence-corrected chi connectivity index (χ4v) is 10.8. The molecule has 0 spiro atoms. The fraction of sp³-hybridized carbons (Fsp3) is 0.273. The van der Waals surface area contributed by atoms with Gasteiger partial charge in [-0.1, -0.05) is 42.5 Å². The molecule has 50 heavy (non-hydrogen) atoms. The number of hydrogen-bond acceptors (Lipinski definition) is 6. The van der Waals surface area contributed by atoms with Crippen LogP contribution in [0.1, 0.15) is 50.1 Å². The minimum Gasteiger partial charge on any atom is -0.218 e. The van der Waals surface area contributed by atoms with Crippen molar-refractivity contribution < 1.29 is 25.3 Å². The summed E-state index contributed by atoms with van der Waals surface area (Å²) in [5, 5.41) is 2.09. The summed E-state index contributed by atoms with van der Waals surface area (Å²) >= 11 is -1.72. The second-order valence-corrected chi connectivity index (χ2v) is 25.9. The van der Waals surface area contributed by atoms with Crippen molar-refractivity contribution in [2.24, 2.45) is 0 Å². The van der Waals surface area contributed by atoms with Crippen LogP contribution < -0.4 is 10.6 Å². The molecule has 0 aromatic heterocycles. The van der Waals surface area contributed by atoms with Gasteiger partial charge in [0.05, 0.1) is 19.6 Å². The van der Waals surface area contributed by atoms with Crippen molar-refractivity contribution >= 4 is 120 Å². The maximum absolute atomic E-state index is 13.1. The smallest absolute Gasteiger partial charge is 0.218 e. The molecular formula is C33H40AlCl5O6P2S3. The van der Waals surface area contributed by atoms with E-state index in [1.54, 1.807) is 46.8 Å². The van der Waals surface area contributed by atoms with Gasteiger partial charge in [-0.15, -0.1) is 18.5 Å². The van der Waals surface area contributed by atoms with Gasteiger partial charge in [0.2, 0.25) is 9.84 Å². The molecular weight excluding hydrogens is 855 g/mol. The lowest BCUT2D eigenvalue weighted by molar-refractivity contribution is 0.593. The first-order valence-electron chi connectivity index (χ1n) is 14.6. The highest BCUT2D eigenvalue weighted by atomic mass is 35.8. The lowest BCUT2D eigenvalue weighted by Crippen LogP contribution is -2.13. The van der Waals surface area contributed by atoms with E-state index in [9.17, 15) is 25.3 Å². The van der Waals surface area contributed by atoms with Crippen LogP contribution in [0.5, 0.6) is 0 Å². The lowest BCUT2D eigenvalue weighted by Gasteiger charge is -2.19. The molecule has 4 rings (SSSR count). The van der Waals surface area contributed by atoms with E-state index in [2.05, 4.69) is 18.5 Å². The van der Waals surface area contributed by atoms with Crippen LogP contribution in [0.15, 0.2) is 74.2 Å². The zero-order chi connectivity index (χ0) is 39.1. The van der Waals surface area contributed by atoms with Crippen molar-refractivity contribution in [1.29, 1.82) is 0 Å². The average Bonchev–Trinajstić information content (AvgIpc) is 2.97. The normalized spacial score (nSPS) is 11.3. The largest absolute Gasteiger partial charge is 0.643 e. The molecule has 0 fully saturated rings. The van der Waals surface area contributed by atoms with Crippen LogP contribution in [0.2, 0.25) is 0 Å². The van der Waals surface area contributed by atoms with Crippen molar-refractivity contribution in [2.75, 3.05) is 0 Å². The predicted molar refractivity (Wildman–Crippen MR) is 222 cm³/mol. The number of halogens is 5. The van der Waals surface area contributed by atoms with Crippen molar-refractivity contribution in [1.82, 2.24) is 0 Å². The Hall–Kier alpha value is -0.428. The van der Waals surface area contributed by atoms with Gasteiger partial charge in [0.15, 0.2) is 0 Å². The molecule has 0 saturated carbocycles. The van der Waals surface area contributed by atoms with Crippen LogP contribution in [-0.2, 0) is 27.9 Å². The fourth-order valence-electron chi connectivity index (χ4n) is 5.11.